The minimum atomic E-state index is 0.480. The highest BCUT2D eigenvalue weighted by atomic mass is 16.6. The molecule has 1 aliphatic heterocycles. The molecule has 24 heavy (non-hydrogen) atoms. The molecule has 2 aromatic carbocycles. The number of benzene rings is 2. The molecule has 0 fully saturated rings. The fraction of sp³-hybridized carbons (Fsp3) is 0.167. The van der Waals surface area contributed by atoms with E-state index in [0.717, 1.165) is 28.3 Å². The first-order valence-corrected chi connectivity index (χ1v) is 7.61. The fourth-order valence-corrected chi connectivity index (χ4v) is 2.73. The Balaban J connectivity index is 1.69. The lowest BCUT2D eigenvalue weighted by atomic mass is 10.1. The van der Waals surface area contributed by atoms with E-state index in [-0.39, 0.29) is 0 Å². The van der Waals surface area contributed by atoms with Gasteiger partial charge in [-0.25, -0.2) is 4.68 Å². The van der Waals surface area contributed by atoms with Crippen LogP contribution >= 0.6 is 0 Å². The molecule has 0 unspecified atom stereocenters. The van der Waals surface area contributed by atoms with Crippen LogP contribution < -0.4 is 9.47 Å². The highest BCUT2D eigenvalue weighted by molar-refractivity contribution is 5.64. The van der Waals surface area contributed by atoms with E-state index >= 15 is 0 Å². The van der Waals surface area contributed by atoms with Gasteiger partial charge in [0, 0.05) is 5.56 Å². The summed E-state index contributed by atoms with van der Waals surface area (Å²) in [5, 5.41) is 17.4. The lowest BCUT2D eigenvalue weighted by Gasteiger charge is -2.19. The third kappa shape index (κ3) is 2.57. The van der Waals surface area contributed by atoms with Crippen molar-refractivity contribution in [3.05, 3.63) is 59.8 Å². The Morgan fingerprint density at radius 3 is 2.79 bits per heavy atom. The summed E-state index contributed by atoms with van der Waals surface area (Å²) in [6.07, 6.45) is 1.71. The summed E-state index contributed by atoms with van der Waals surface area (Å²) in [5.41, 5.74) is 3.35. The quantitative estimate of drug-likeness (QED) is 0.742. The molecule has 6 nitrogen and oxygen atoms in total. The highest BCUT2D eigenvalue weighted by Gasteiger charge is 2.15. The largest absolute Gasteiger partial charge is 0.486 e. The molecule has 0 radical (unpaired) electrons. The molecule has 0 bridgehead atoms. The van der Waals surface area contributed by atoms with Gasteiger partial charge < -0.3 is 9.47 Å². The maximum Gasteiger partial charge on any atom is 0.162 e. The first kappa shape index (κ1) is 14.3. The second-order valence-electron chi connectivity index (χ2n) is 5.40. The van der Waals surface area contributed by atoms with Crippen LogP contribution in [0.25, 0.3) is 11.3 Å². The highest BCUT2D eigenvalue weighted by Crippen LogP contribution is 2.34. The number of hydrogen-bond donors (Lipinski definition) is 0. The molecule has 2 heterocycles. The second-order valence-corrected chi connectivity index (χ2v) is 5.40. The second kappa shape index (κ2) is 6.05. The number of aromatic nitrogens is 3. The molecule has 0 saturated heterocycles. The molecule has 6 heteroatoms. The maximum absolute atomic E-state index is 9.24. The summed E-state index contributed by atoms with van der Waals surface area (Å²) in [5.74, 6) is 1.47. The molecule has 0 atom stereocenters. The van der Waals surface area contributed by atoms with E-state index in [4.69, 9.17) is 9.47 Å². The molecular formula is C18H14N4O2. The molecular weight excluding hydrogens is 304 g/mol. The minimum Gasteiger partial charge on any atom is -0.486 e. The monoisotopic (exact) mass is 318 g/mol. The summed E-state index contributed by atoms with van der Waals surface area (Å²) >= 11 is 0. The van der Waals surface area contributed by atoms with Gasteiger partial charge in [0.1, 0.15) is 13.2 Å². The Labute approximate surface area is 138 Å². The summed E-state index contributed by atoms with van der Waals surface area (Å²) in [6, 6.07) is 15.5. The van der Waals surface area contributed by atoms with E-state index < -0.39 is 0 Å². The Morgan fingerprint density at radius 2 is 1.92 bits per heavy atom. The van der Waals surface area contributed by atoms with E-state index in [1.54, 1.807) is 16.9 Å². The number of nitrogens with zero attached hydrogens (tertiary/aromatic N) is 4. The van der Waals surface area contributed by atoms with Crippen molar-refractivity contribution in [3.8, 4) is 28.8 Å². The predicted octanol–water partition coefficient (Wildman–Crippen LogP) is 2.64. The lowest BCUT2D eigenvalue weighted by Crippen LogP contribution is -2.15. The number of nitriles is 1. The van der Waals surface area contributed by atoms with Crippen molar-refractivity contribution in [1.29, 1.82) is 5.26 Å². The van der Waals surface area contributed by atoms with Crippen LogP contribution in [0.5, 0.6) is 11.5 Å². The SMILES string of the molecule is N#Cc1ccccc1Cn1nncc1-c1ccc2c(c1)OCCO2. The fourth-order valence-electron chi connectivity index (χ4n) is 2.73. The lowest BCUT2D eigenvalue weighted by molar-refractivity contribution is 0.171. The zero-order valence-corrected chi connectivity index (χ0v) is 12.8. The van der Waals surface area contributed by atoms with Crippen molar-refractivity contribution in [2.75, 3.05) is 13.2 Å². The number of fused-ring (bicyclic) bond motifs is 1. The van der Waals surface area contributed by atoms with Crippen molar-refractivity contribution in [1.82, 2.24) is 15.0 Å². The van der Waals surface area contributed by atoms with Crippen LogP contribution in [0.4, 0.5) is 0 Å². The number of hydrogen-bond acceptors (Lipinski definition) is 5. The Kier molecular flexibility index (Phi) is 3.60. The van der Waals surface area contributed by atoms with E-state index in [1.165, 1.54) is 0 Å². The van der Waals surface area contributed by atoms with Gasteiger partial charge in [0.05, 0.1) is 30.1 Å². The van der Waals surface area contributed by atoms with Crippen LogP contribution in [0.1, 0.15) is 11.1 Å². The van der Waals surface area contributed by atoms with Crippen molar-refractivity contribution in [2.45, 2.75) is 6.54 Å². The third-order valence-corrected chi connectivity index (χ3v) is 3.91. The maximum atomic E-state index is 9.24. The molecule has 0 saturated carbocycles. The first-order chi connectivity index (χ1) is 11.8. The molecule has 3 aromatic rings. The van der Waals surface area contributed by atoms with Gasteiger partial charge in [-0.05, 0) is 29.8 Å². The van der Waals surface area contributed by atoms with Gasteiger partial charge >= 0.3 is 0 Å². The zero-order valence-electron chi connectivity index (χ0n) is 12.8. The van der Waals surface area contributed by atoms with Crippen molar-refractivity contribution in [2.24, 2.45) is 0 Å². The molecule has 0 amide bonds. The molecule has 0 spiro atoms. The van der Waals surface area contributed by atoms with E-state index in [2.05, 4.69) is 16.4 Å². The molecule has 1 aliphatic rings. The Hall–Kier alpha value is -3.33. The van der Waals surface area contributed by atoms with Gasteiger partial charge in [-0.3, -0.25) is 0 Å². The van der Waals surface area contributed by atoms with E-state index in [9.17, 15) is 5.26 Å². The third-order valence-electron chi connectivity index (χ3n) is 3.91. The Morgan fingerprint density at radius 1 is 1.08 bits per heavy atom. The zero-order chi connectivity index (χ0) is 16.4. The van der Waals surface area contributed by atoms with Gasteiger partial charge in [-0.15, -0.1) is 5.10 Å². The smallest absolute Gasteiger partial charge is 0.162 e. The molecule has 118 valence electrons. The molecule has 4 rings (SSSR count). The summed E-state index contributed by atoms with van der Waals surface area (Å²) in [4.78, 5) is 0. The average Bonchev–Trinajstić information content (AvgIpc) is 3.10. The average molecular weight is 318 g/mol. The minimum absolute atomic E-state index is 0.480. The number of ether oxygens (including phenoxy) is 2. The normalized spacial score (nSPS) is 12.6. The van der Waals surface area contributed by atoms with Crippen LogP contribution in [0.3, 0.4) is 0 Å². The van der Waals surface area contributed by atoms with E-state index in [0.29, 0.717) is 25.3 Å². The molecule has 0 aliphatic carbocycles. The van der Waals surface area contributed by atoms with Crippen LogP contribution in [0.2, 0.25) is 0 Å². The van der Waals surface area contributed by atoms with E-state index in [1.807, 2.05) is 36.4 Å². The topological polar surface area (TPSA) is 73.0 Å². The van der Waals surface area contributed by atoms with Crippen molar-refractivity contribution in [3.63, 3.8) is 0 Å². The predicted molar refractivity (Wildman–Crippen MR) is 86.7 cm³/mol. The van der Waals surface area contributed by atoms with Crippen LogP contribution in [-0.4, -0.2) is 28.2 Å². The molecule has 1 aromatic heterocycles. The summed E-state index contributed by atoms with van der Waals surface area (Å²) < 4.78 is 13.0. The van der Waals surface area contributed by atoms with Gasteiger partial charge in [-0.1, -0.05) is 23.4 Å². The first-order valence-electron chi connectivity index (χ1n) is 7.61. The van der Waals surface area contributed by atoms with Crippen LogP contribution in [0, 0.1) is 11.3 Å². The summed E-state index contributed by atoms with van der Waals surface area (Å²) in [7, 11) is 0. The van der Waals surface area contributed by atoms with Gasteiger partial charge in [0.2, 0.25) is 0 Å². The van der Waals surface area contributed by atoms with Gasteiger partial charge in [-0.2, -0.15) is 5.26 Å². The van der Waals surface area contributed by atoms with Crippen LogP contribution in [-0.2, 0) is 6.54 Å². The van der Waals surface area contributed by atoms with Crippen LogP contribution in [0.15, 0.2) is 48.7 Å². The molecule has 0 N–H and O–H groups in total. The van der Waals surface area contributed by atoms with Crippen molar-refractivity contribution >= 4 is 0 Å². The van der Waals surface area contributed by atoms with Gasteiger partial charge in [0.15, 0.2) is 11.5 Å². The summed E-state index contributed by atoms with van der Waals surface area (Å²) in [6.45, 7) is 1.59. The Bertz CT molecular complexity index is 927. The van der Waals surface area contributed by atoms with Crippen molar-refractivity contribution < 1.29 is 9.47 Å². The number of rotatable bonds is 3. The van der Waals surface area contributed by atoms with Gasteiger partial charge in [0.25, 0.3) is 0 Å². The standard InChI is InChI=1S/C18H14N4O2/c19-10-14-3-1-2-4-15(14)12-22-16(11-20-21-22)13-5-6-17-18(9-13)24-8-7-23-17/h1-6,9,11H,7-8,12H2.